The minimum absolute atomic E-state index is 0.154. The highest BCUT2D eigenvalue weighted by Gasteiger charge is 2.15. The van der Waals surface area contributed by atoms with Crippen molar-refractivity contribution in [2.75, 3.05) is 0 Å². The number of primary amides is 1. The average Bonchev–Trinajstić information content (AvgIpc) is 2.59. The molecular formula is C9H15N5O2. The van der Waals surface area contributed by atoms with Crippen molar-refractivity contribution in [2.45, 2.75) is 19.0 Å². The molecule has 5 N–H and O–H groups in total. The molecule has 7 nitrogen and oxygen atoms in total. The van der Waals surface area contributed by atoms with Gasteiger partial charge in [-0.2, -0.15) is 5.10 Å². The molecule has 0 aliphatic rings. The minimum atomic E-state index is -0.894. The van der Waals surface area contributed by atoms with Crippen molar-refractivity contribution in [2.24, 2.45) is 18.5 Å². The molecule has 0 unspecified atom stereocenters. The van der Waals surface area contributed by atoms with Gasteiger partial charge in [-0.1, -0.05) is 0 Å². The number of aromatic nitrogens is 2. The standard InChI is InChI=1S/C9H15N5O2/c1-14-5-6(4-13-14)3-12-9(16)7(10)2-8(11)15/h4-5,7H,2-3,10H2,1H3,(H2,11,15)(H,12,16)/t7-/m0/s1. The van der Waals surface area contributed by atoms with E-state index in [0.29, 0.717) is 6.54 Å². The van der Waals surface area contributed by atoms with Crippen LogP contribution in [0.25, 0.3) is 0 Å². The van der Waals surface area contributed by atoms with Gasteiger partial charge < -0.3 is 16.8 Å². The quantitative estimate of drug-likeness (QED) is 0.550. The Morgan fingerprint density at radius 2 is 2.31 bits per heavy atom. The molecule has 0 saturated heterocycles. The zero-order chi connectivity index (χ0) is 12.1. The molecule has 0 aliphatic carbocycles. The van der Waals surface area contributed by atoms with Gasteiger partial charge in [-0.25, -0.2) is 0 Å². The molecule has 1 rings (SSSR count). The lowest BCUT2D eigenvalue weighted by molar-refractivity contribution is -0.126. The fraction of sp³-hybridized carbons (Fsp3) is 0.444. The monoisotopic (exact) mass is 225 g/mol. The van der Waals surface area contributed by atoms with Gasteiger partial charge in [-0.3, -0.25) is 14.3 Å². The smallest absolute Gasteiger partial charge is 0.237 e. The maximum Gasteiger partial charge on any atom is 0.237 e. The van der Waals surface area contributed by atoms with E-state index in [9.17, 15) is 9.59 Å². The van der Waals surface area contributed by atoms with Gasteiger partial charge in [0.2, 0.25) is 11.8 Å². The fourth-order valence-corrected chi connectivity index (χ4v) is 1.19. The average molecular weight is 225 g/mol. The molecule has 88 valence electrons. The Morgan fingerprint density at radius 1 is 1.62 bits per heavy atom. The van der Waals surface area contributed by atoms with Gasteiger partial charge in [0.25, 0.3) is 0 Å². The highest BCUT2D eigenvalue weighted by atomic mass is 16.2. The highest BCUT2D eigenvalue weighted by molar-refractivity contribution is 5.87. The van der Waals surface area contributed by atoms with E-state index >= 15 is 0 Å². The number of aryl methyl sites for hydroxylation is 1. The molecule has 7 heteroatoms. The van der Waals surface area contributed by atoms with Crippen molar-refractivity contribution in [3.05, 3.63) is 18.0 Å². The topological polar surface area (TPSA) is 116 Å². The summed E-state index contributed by atoms with van der Waals surface area (Å²) in [6, 6.07) is -0.894. The van der Waals surface area contributed by atoms with E-state index < -0.39 is 17.9 Å². The summed E-state index contributed by atoms with van der Waals surface area (Å²) >= 11 is 0. The third-order valence-electron chi connectivity index (χ3n) is 1.98. The van der Waals surface area contributed by atoms with Crippen LogP contribution in [0, 0.1) is 0 Å². The van der Waals surface area contributed by atoms with Gasteiger partial charge in [0.05, 0.1) is 18.7 Å². The van der Waals surface area contributed by atoms with E-state index in [-0.39, 0.29) is 6.42 Å². The molecular weight excluding hydrogens is 210 g/mol. The first-order valence-corrected chi connectivity index (χ1v) is 4.78. The Kier molecular flexibility index (Phi) is 4.01. The summed E-state index contributed by atoms with van der Waals surface area (Å²) in [5, 5.41) is 6.54. The van der Waals surface area contributed by atoms with Crippen molar-refractivity contribution in [1.29, 1.82) is 0 Å². The van der Waals surface area contributed by atoms with Crippen molar-refractivity contribution in [3.8, 4) is 0 Å². The normalized spacial score (nSPS) is 12.1. The van der Waals surface area contributed by atoms with Crippen LogP contribution in [0.1, 0.15) is 12.0 Å². The lowest BCUT2D eigenvalue weighted by Crippen LogP contribution is -2.42. The molecule has 1 aromatic heterocycles. The van der Waals surface area contributed by atoms with Crippen LogP contribution in [0.5, 0.6) is 0 Å². The summed E-state index contributed by atoms with van der Waals surface area (Å²) in [6.45, 7) is 0.332. The van der Waals surface area contributed by atoms with Crippen LogP contribution in [0.3, 0.4) is 0 Å². The highest BCUT2D eigenvalue weighted by Crippen LogP contribution is 1.95. The Hall–Kier alpha value is -1.89. The van der Waals surface area contributed by atoms with Crippen LogP contribution in [-0.4, -0.2) is 27.6 Å². The van der Waals surface area contributed by atoms with Crippen molar-refractivity contribution in [1.82, 2.24) is 15.1 Å². The number of hydrogen-bond donors (Lipinski definition) is 3. The second-order valence-corrected chi connectivity index (χ2v) is 3.52. The van der Waals surface area contributed by atoms with Crippen LogP contribution in [0.15, 0.2) is 12.4 Å². The Morgan fingerprint density at radius 3 is 2.81 bits per heavy atom. The maximum absolute atomic E-state index is 11.4. The van der Waals surface area contributed by atoms with Crippen LogP contribution in [0.4, 0.5) is 0 Å². The number of carbonyl (C=O) groups is 2. The van der Waals surface area contributed by atoms with Crippen LogP contribution in [0.2, 0.25) is 0 Å². The lowest BCUT2D eigenvalue weighted by Gasteiger charge is -2.09. The number of carbonyl (C=O) groups excluding carboxylic acids is 2. The second-order valence-electron chi connectivity index (χ2n) is 3.52. The SMILES string of the molecule is Cn1cc(CNC(=O)[C@@H](N)CC(N)=O)cn1. The van der Waals surface area contributed by atoms with E-state index in [4.69, 9.17) is 11.5 Å². The molecule has 0 saturated carbocycles. The largest absolute Gasteiger partial charge is 0.370 e. The van der Waals surface area contributed by atoms with Gasteiger partial charge >= 0.3 is 0 Å². The van der Waals surface area contributed by atoms with E-state index in [0.717, 1.165) is 5.56 Å². The number of nitrogens with zero attached hydrogens (tertiary/aromatic N) is 2. The summed E-state index contributed by atoms with van der Waals surface area (Å²) < 4.78 is 1.63. The third-order valence-corrected chi connectivity index (χ3v) is 1.98. The summed E-state index contributed by atoms with van der Waals surface area (Å²) in [6.07, 6.45) is 3.26. The van der Waals surface area contributed by atoms with E-state index in [2.05, 4.69) is 10.4 Å². The van der Waals surface area contributed by atoms with Gasteiger partial charge in [0.1, 0.15) is 0 Å². The van der Waals surface area contributed by atoms with Gasteiger partial charge in [0, 0.05) is 25.4 Å². The van der Waals surface area contributed by atoms with E-state index in [1.807, 2.05) is 0 Å². The van der Waals surface area contributed by atoms with Crippen LogP contribution in [-0.2, 0) is 23.2 Å². The molecule has 1 atom stereocenters. The summed E-state index contributed by atoms with van der Waals surface area (Å²) in [5.41, 5.74) is 11.2. The van der Waals surface area contributed by atoms with Crippen molar-refractivity contribution in [3.63, 3.8) is 0 Å². The van der Waals surface area contributed by atoms with Gasteiger partial charge in [-0.15, -0.1) is 0 Å². The molecule has 0 bridgehead atoms. The van der Waals surface area contributed by atoms with Crippen LogP contribution < -0.4 is 16.8 Å². The summed E-state index contributed by atoms with van der Waals surface area (Å²) in [7, 11) is 1.78. The Labute approximate surface area is 92.8 Å². The molecule has 0 fully saturated rings. The number of rotatable bonds is 5. The first-order valence-electron chi connectivity index (χ1n) is 4.78. The first kappa shape index (κ1) is 12.2. The molecule has 0 spiro atoms. The fourth-order valence-electron chi connectivity index (χ4n) is 1.19. The second kappa shape index (κ2) is 5.26. The zero-order valence-corrected chi connectivity index (χ0v) is 9.01. The summed E-state index contributed by atoms with van der Waals surface area (Å²) in [4.78, 5) is 21.9. The predicted molar refractivity (Wildman–Crippen MR) is 56.8 cm³/mol. The Bertz CT molecular complexity index is 387. The van der Waals surface area contributed by atoms with E-state index in [1.165, 1.54) is 0 Å². The predicted octanol–water partition coefficient (Wildman–Crippen LogP) is -1.76. The number of nitrogens with two attached hydrogens (primary N) is 2. The molecule has 16 heavy (non-hydrogen) atoms. The molecule has 0 aromatic carbocycles. The van der Waals surface area contributed by atoms with Crippen LogP contribution >= 0.6 is 0 Å². The first-order chi connectivity index (χ1) is 7.49. The molecule has 1 heterocycles. The zero-order valence-electron chi connectivity index (χ0n) is 9.01. The maximum atomic E-state index is 11.4. The number of amides is 2. The molecule has 2 amide bonds. The molecule has 1 aromatic rings. The summed E-state index contributed by atoms with van der Waals surface area (Å²) in [5.74, 6) is -0.994. The number of nitrogens with one attached hydrogen (secondary N) is 1. The lowest BCUT2D eigenvalue weighted by atomic mass is 10.2. The minimum Gasteiger partial charge on any atom is -0.370 e. The van der Waals surface area contributed by atoms with Crippen molar-refractivity contribution >= 4 is 11.8 Å². The Balaban J connectivity index is 2.37. The molecule has 0 radical (unpaired) electrons. The third kappa shape index (κ3) is 3.70. The van der Waals surface area contributed by atoms with Gasteiger partial charge in [0.15, 0.2) is 0 Å². The van der Waals surface area contributed by atoms with Gasteiger partial charge in [-0.05, 0) is 0 Å². The molecule has 0 aliphatic heterocycles. The number of hydrogen-bond acceptors (Lipinski definition) is 4. The van der Waals surface area contributed by atoms with Crippen molar-refractivity contribution < 1.29 is 9.59 Å². The van der Waals surface area contributed by atoms with E-state index in [1.54, 1.807) is 24.1 Å².